The number of halogens is 1. The van der Waals surface area contributed by atoms with E-state index in [1.54, 1.807) is 0 Å². The predicted molar refractivity (Wildman–Crippen MR) is 82.7 cm³/mol. The molecular formula is C15H18BrNS. The number of hydrogen-bond donors (Lipinski definition) is 0. The summed E-state index contributed by atoms with van der Waals surface area (Å²) in [6.07, 6.45) is 2.18. The molecular weight excluding hydrogens is 306 g/mol. The van der Waals surface area contributed by atoms with Crippen LogP contribution >= 0.6 is 27.3 Å². The van der Waals surface area contributed by atoms with Gasteiger partial charge < -0.3 is 0 Å². The summed E-state index contributed by atoms with van der Waals surface area (Å²) in [5.74, 6) is 0.623. The van der Waals surface area contributed by atoms with E-state index >= 15 is 0 Å². The van der Waals surface area contributed by atoms with Crippen LogP contribution in [0.1, 0.15) is 21.1 Å². The van der Waals surface area contributed by atoms with Gasteiger partial charge in [-0.1, -0.05) is 46.3 Å². The Bertz CT molecular complexity index is 473. The fourth-order valence-corrected chi connectivity index (χ4v) is 3.51. The molecule has 0 spiro atoms. The molecule has 96 valence electrons. The highest BCUT2D eigenvalue weighted by molar-refractivity contribution is 9.09. The van der Waals surface area contributed by atoms with Gasteiger partial charge in [-0.05, 0) is 31.7 Å². The fraction of sp³-hybridized carbons (Fsp3) is 0.400. The van der Waals surface area contributed by atoms with E-state index in [9.17, 15) is 0 Å². The second-order valence-electron chi connectivity index (χ2n) is 4.66. The zero-order valence-corrected chi connectivity index (χ0v) is 13.2. The molecule has 0 saturated carbocycles. The van der Waals surface area contributed by atoms with Crippen LogP contribution < -0.4 is 0 Å². The number of nitrogens with zero attached hydrogens (tertiary/aromatic N) is 1. The SMILES string of the molecule is Cc1nc(CC(CBr)Cc2ccccc2)sc1C. The van der Waals surface area contributed by atoms with Gasteiger partial charge in [-0.3, -0.25) is 0 Å². The van der Waals surface area contributed by atoms with Crippen LogP contribution in [-0.2, 0) is 12.8 Å². The van der Waals surface area contributed by atoms with Crippen molar-refractivity contribution in [3.05, 3.63) is 51.5 Å². The van der Waals surface area contributed by atoms with Gasteiger partial charge in [-0.25, -0.2) is 4.98 Å². The van der Waals surface area contributed by atoms with Crippen LogP contribution in [0.3, 0.4) is 0 Å². The molecule has 2 rings (SSSR count). The first-order chi connectivity index (χ1) is 8.69. The molecule has 0 saturated heterocycles. The first-order valence-electron chi connectivity index (χ1n) is 6.22. The van der Waals surface area contributed by atoms with E-state index in [4.69, 9.17) is 0 Å². The van der Waals surface area contributed by atoms with E-state index in [2.05, 4.69) is 65.1 Å². The maximum Gasteiger partial charge on any atom is 0.0934 e. The number of aromatic nitrogens is 1. The lowest BCUT2D eigenvalue weighted by atomic mass is 9.98. The minimum atomic E-state index is 0.623. The summed E-state index contributed by atoms with van der Waals surface area (Å²) in [5, 5.41) is 2.30. The molecule has 18 heavy (non-hydrogen) atoms. The molecule has 1 heterocycles. The quantitative estimate of drug-likeness (QED) is 0.735. The van der Waals surface area contributed by atoms with E-state index < -0.39 is 0 Å². The lowest BCUT2D eigenvalue weighted by molar-refractivity contribution is 0.589. The maximum absolute atomic E-state index is 4.64. The van der Waals surface area contributed by atoms with Gasteiger partial charge in [0, 0.05) is 16.6 Å². The fourth-order valence-electron chi connectivity index (χ4n) is 2.00. The Balaban J connectivity index is 2.01. The summed E-state index contributed by atoms with van der Waals surface area (Å²) in [5.41, 5.74) is 2.59. The zero-order chi connectivity index (χ0) is 13.0. The Morgan fingerprint density at radius 3 is 2.44 bits per heavy atom. The standard InChI is InChI=1S/C15H18BrNS/c1-11-12(2)18-15(17-11)9-14(10-16)8-13-6-4-3-5-7-13/h3-7,14H,8-10H2,1-2H3. The molecule has 0 N–H and O–H groups in total. The van der Waals surface area contributed by atoms with Crippen molar-refractivity contribution < 1.29 is 0 Å². The van der Waals surface area contributed by atoms with Crippen molar-refractivity contribution >= 4 is 27.3 Å². The van der Waals surface area contributed by atoms with Gasteiger partial charge in [-0.2, -0.15) is 0 Å². The zero-order valence-electron chi connectivity index (χ0n) is 10.8. The molecule has 0 radical (unpaired) electrons. The lowest BCUT2D eigenvalue weighted by Crippen LogP contribution is -2.09. The van der Waals surface area contributed by atoms with Crippen molar-refractivity contribution in [2.45, 2.75) is 26.7 Å². The minimum absolute atomic E-state index is 0.623. The molecule has 1 atom stereocenters. The molecule has 1 unspecified atom stereocenters. The first kappa shape index (κ1) is 13.8. The highest BCUT2D eigenvalue weighted by Crippen LogP contribution is 2.22. The van der Waals surface area contributed by atoms with Crippen molar-refractivity contribution in [2.24, 2.45) is 5.92 Å². The first-order valence-corrected chi connectivity index (χ1v) is 8.15. The number of aryl methyl sites for hydroxylation is 2. The number of hydrogen-bond acceptors (Lipinski definition) is 2. The van der Waals surface area contributed by atoms with Crippen LogP contribution in [0, 0.1) is 19.8 Å². The smallest absolute Gasteiger partial charge is 0.0934 e. The summed E-state index contributed by atoms with van der Waals surface area (Å²) in [6, 6.07) is 10.7. The second-order valence-corrected chi connectivity index (χ2v) is 6.60. The molecule has 2 aromatic rings. The Labute approximate surface area is 121 Å². The van der Waals surface area contributed by atoms with Crippen LogP contribution in [0.4, 0.5) is 0 Å². The average molecular weight is 324 g/mol. The normalized spacial score (nSPS) is 12.6. The third-order valence-corrected chi connectivity index (χ3v) is 5.13. The molecule has 0 fully saturated rings. The topological polar surface area (TPSA) is 12.9 Å². The third-order valence-electron chi connectivity index (χ3n) is 3.12. The Hall–Kier alpha value is -0.670. The van der Waals surface area contributed by atoms with E-state index in [0.29, 0.717) is 5.92 Å². The average Bonchev–Trinajstić information content (AvgIpc) is 2.69. The van der Waals surface area contributed by atoms with Crippen molar-refractivity contribution in [1.29, 1.82) is 0 Å². The van der Waals surface area contributed by atoms with Gasteiger partial charge in [0.2, 0.25) is 0 Å². The Morgan fingerprint density at radius 2 is 1.89 bits per heavy atom. The number of rotatable bonds is 5. The predicted octanol–water partition coefficient (Wildman–Crippen LogP) is 4.56. The Morgan fingerprint density at radius 1 is 1.17 bits per heavy atom. The summed E-state index contributed by atoms with van der Waals surface area (Å²) in [6.45, 7) is 4.24. The minimum Gasteiger partial charge on any atom is -0.246 e. The molecule has 1 aromatic carbocycles. The second kappa shape index (κ2) is 6.48. The van der Waals surface area contributed by atoms with Crippen LogP contribution in [0.2, 0.25) is 0 Å². The van der Waals surface area contributed by atoms with Crippen LogP contribution in [-0.4, -0.2) is 10.3 Å². The molecule has 0 aliphatic heterocycles. The number of benzene rings is 1. The molecule has 1 aromatic heterocycles. The lowest BCUT2D eigenvalue weighted by Gasteiger charge is -2.12. The third kappa shape index (κ3) is 3.66. The number of thiazole rings is 1. The summed E-state index contributed by atoms with van der Waals surface area (Å²) >= 11 is 5.47. The van der Waals surface area contributed by atoms with Crippen LogP contribution in [0.25, 0.3) is 0 Å². The van der Waals surface area contributed by atoms with Gasteiger partial charge in [0.15, 0.2) is 0 Å². The summed E-state index contributed by atoms with van der Waals surface area (Å²) in [7, 11) is 0. The van der Waals surface area contributed by atoms with Crippen molar-refractivity contribution in [3.8, 4) is 0 Å². The molecule has 0 amide bonds. The molecule has 3 heteroatoms. The molecule has 0 bridgehead atoms. The molecule has 1 nitrogen and oxygen atoms in total. The van der Waals surface area contributed by atoms with Gasteiger partial charge in [-0.15, -0.1) is 11.3 Å². The maximum atomic E-state index is 4.64. The van der Waals surface area contributed by atoms with Gasteiger partial charge in [0.25, 0.3) is 0 Å². The van der Waals surface area contributed by atoms with Gasteiger partial charge >= 0.3 is 0 Å². The summed E-state index contributed by atoms with van der Waals surface area (Å²) < 4.78 is 0. The monoisotopic (exact) mass is 323 g/mol. The van der Waals surface area contributed by atoms with Crippen LogP contribution in [0.5, 0.6) is 0 Å². The Kier molecular flexibility index (Phi) is 4.95. The van der Waals surface area contributed by atoms with E-state index in [-0.39, 0.29) is 0 Å². The van der Waals surface area contributed by atoms with Gasteiger partial charge in [0.1, 0.15) is 0 Å². The van der Waals surface area contributed by atoms with Gasteiger partial charge in [0.05, 0.1) is 10.7 Å². The van der Waals surface area contributed by atoms with E-state index in [0.717, 1.165) is 18.2 Å². The largest absolute Gasteiger partial charge is 0.246 e. The van der Waals surface area contributed by atoms with Crippen molar-refractivity contribution in [1.82, 2.24) is 4.98 Å². The van der Waals surface area contributed by atoms with Crippen molar-refractivity contribution in [3.63, 3.8) is 0 Å². The highest BCUT2D eigenvalue weighted by atomic mass is 79.9. The van der Waals surface area contributed by atoms with E-state index in [1.165, 1.54) is 21.1 Å². The van der Waals surface area contributed by atoms with Crippen LogP contribution in [0.15, 0.2) is 30.3 Å². The number of alkyl halides is 1. The molecule has 0 aliphatic carbocycles. The molecule has 0 aliphatic rings. The van der Waals surface area contributed by atoms with Crippen molar-refractivity contribution in [2.75, 3.05) is 5.33 Å². The summed E-state index contributed by atoms with van der Waals surface area (Å²) in [4.78, 5) is 5.98. The van der Waals surface area contributed by atoms with E-state index in [1.807, 2.05) is 11.3 Å². The highest BCUT2D eigenvalue weighted by Gasteiger charge is 2.12.